The molecule has 1 amide bonds. The molecular formula is C26H31N3O4S. The first-order chi connectivity index (χ1) is 16.4. The highest BCUT2D eigenvalue weighted by atomic mass is 32.1. The lowest BCUT2D eigenvalue weighted by Crippen LogP contribution is -2.38. The fourth-order valence-corrected chi connectivity index (χ4v) is 4.85. The van der Waals surface area contributed by atoms with Crippen LogP contribution in [0.5, 0.6) is 5.75 Å². The fourth-order valence-electron chi connectivity index (χ4n) is 3.92. The Kier molecular flexibility index (Phi) is 7.50. The van der Waals surface area contributed by atoms with Crippen molar-refractivity contribution in [1.82, 2.24) is 4.90 Å². The summed E-state index contributed by atoms with van der Waals surface area (Å²) in [5.41, 5.74) is 1.19. The molecule has 0 radical (unpaired) electrons. The Morgan fingerprint density at radius 3 is 2.59 bits per heavy atom. The zero-order valence-corrected chi connectivity index (χ0v) is 20.7. The van der Waals surface area contributed by atoms with Crippen molar-refractivity contribution in [2.24, 2.45) is 5.16 Å². The Balaban J connectivity index is 1.52. The van der Waals surface area contributed by atoms with Gasteiger partial charge in [-0.25, -0.2) is 0 Å². The topological polar surface area (TPSA) is 83.4 Å². The molecule has 180 valence electrons. The van der Waals surface area contributed by atoms with Crippen LogP contribution >= 0.6 is 11.3 Å². The molecule has 0 unspecified atom stereocenters. The van der Waals surface area contributed by atoms with Gasteiger partial charge in [0.2, 0.25) is 0 Å². The number of nitrogens with zero attached hydrogens (tertiary/aromatic N) is 2. The van der Waals surface area contributed by atoms with E-state index in [1.165, 1.54) is 0 Å². The zero-order chi connectivity index (χ0) is 24.1. The molecule has 0 saturated carbocycles. The maximum Gasteiger partial charge on any atom is 0.278 e. The van der Waals surface area contributed by atoms with Crippen LogP contribution < -0.4 is 10.1 Å². The van der Waals surface area contributed by atoms with Gasteiger partial charge in [0.1, 0.15) is 12.4 Å². The predicted molar refractivity (Wildman–Crippen MR) is 137 cm³/mol. The standard InChI is InChI=1S/C26H31N3O4S/c1-26(2,3)23-16-18(17-34-23)27-25(30)24(28-31)21-8-9-22(20-7-5-4-6-19(20)21)33-15-12-29-10-13-32-14-11-29/h4-9,16-17,31H,10-15H2,1-3H3,(H,27,30). The minimum Gasteiger partial charge on any atom is -0.492 e. The number of hydrogen-bond donors (Lipinski definition) is 2. The van der Waals surface area contributed by atoms with Gasteiger partial charge in [0.25, 0.3) is 5.91 Å². The van der Waals surface area contributed by atoms with Gasteiger partial charge in [-0.15, -0.1) is 11.3 Å². The largest absolute Gasteiger partial charge is 0.492 e. The second-order valence-electron chi connectivity index (χ2n) is 9.31. The number of fused-ring (bicyclic) bond motifs is 1. The molecule has 0 atom stereocenters. The van der Waals surface area contributed by atoms with Crippen molar-refractivity contribution in [2.75, 3.05) is 44.8 Å². The highest BCUT2D eigenvalue weighted by Gasteiger charge is 2.21. The predicted octanol–water partition coefficient (Wildman–Crippen LogP) is 4.73. The second-order valence-corrected chi connectivity index (χ2v) is 10.2. The molecule has 1 saturated heterocycles. The summed E-state index contributed by atoms with van der Waals surface area (Å²) in [5, 5.41) is 19.5. The molecule has 8 heteroatoms. The lowest BCUT2D eigenvalue weighted by Gasteiger charge is -2.26. The van der Waals surface area contributed by atoms with Crippen molar-refractivity contribution in [3.63, 3.8) is 0 Å². The number of ether oxygens (including phenoxy) is 2. The molecular weight excluding hydrogens is 450 g/mol. The highest BCUT2D eigenvalue weighted by Crippen LogP contribution is 2.32. The summed E-state index contributed by atoms with van der Waals surface area (Å²) in [5.74, 6) is 0.268. The van der Waals surface area contributed by atoms with Crippen LogP contribution in [0.1, 0.15) is 31.2 Å². The summed E-state index contributed by atoms with van der Waals surface area (Å²) in [4.78, 5) is 16.5. The maximum absolute atomic E-state index is 13.0. The lowest BCUT2D eigenvalue weighted by molar-refractivity contribution is -0.110. The van der Waals surface area contributed by atoms with Crippen LogP contribution in [0.25, 0.3) is 10.8 Å². The Labute approximate surface area is 204 Å². The highest BCUT2D eigenvalue weighted by molar-refractivity contribution is 7.10. The zero-order valence-electron chi connectivity index (χ0n) is 19.8. The molecule has 2 aromatic carbocycles. The van der Waals surface area contributed by atoms with E-state index in [0.717, 1.165) is 54.2 Å². The van der Waals surface area contributed by atoms with E-state index < -0.39 is 5.91 Å². The van der Waals surface area contributed by atoms with E-state index in [9.17, 15) is 10.0 Å². The second kappa shape index (κ2) is 10.5. The van der Waals surface area contributed by atoms with Crippen molar-refractivity contribution in [1.29, 1.82) is 0 Å². The number of carbonyl (C=O) groups excluding carboxylic acids is 1. The smallest absolute Gasteiger partial charge is 0.278 e. The van der Waals surface area contributed by atoms with E-state index >= 15 is 0 Å². The van der Waals surface area contributed by atoms with Crippen LogP contribution in [0.2, 0.25) is 0 Å². The van der Waals surface area contributed by atoms with Gasteiger partial charge >= 0.3 is 0 Å². The van der Waals surface area contributed by atoms with Crippen LogP contribution in [-0.2, 0) is 14.9 Å². The van der Waals surface area contributed by atoms with Crippen LogP contribution in [0, 0.1) is 0 Å². The van der Waals surface area contributed by atoms with Gasteiger partial charge in [-0.1, -0.05) is 50.2 Å². The lowest BCUT2D eigenvalue weighted by atomic mass is 9.95. The Morgan fingerprint density at radius 2 is 1.91 bits per heavy atom. The van der Waals surface area contributed by atoms with Crippen LogP contribution in [-0.4, -0.2) is 61.2 Å². The van der Waals surface area contributed by atoms with E-state index in [4.69, 9.17) is 9.47 Å². The average Bonchev–Trinajstić information content (AvgIpc) is 3.30. The van der Waals surface area contributed by atoms with Crippen molar-refractivity contribution < 1.29 is 19.5 Å². The number of thiophene rings is 1. The molecule has 1 fully saturated rings. The minimum atomic E-state index is -0.466. The fraction of sp³-hybridized carbons (Fsp3) is 0.385. The summed E-state index contributed by atoms with van der Waals surface area (Å²) in [7, 11) is 0. The molecule has 1 aliphatic heterocycles. The summed E-state index contributed by atoms with van der Waals surface area (Å²) in [6.45, 7) is 11.1. The van der Waals surface area contributed by atoms with Crippen LogP contribution in [0.15, 0.2) is 53.0 Å². The molecule has 1 aliphatic rings. The maximum atomic E-state index is 13.0. The van der Waals surface area contributed by atoms with Crippen molar-refractivity contribution in [3.05, 3.63) is 58.3 Å². The van der Waals surface area contributed by atoms with Gasteiger partial charge in [-0.2, -0.15) is 0 Å². The molecule has 2 heterocycles. The van der Waals surface area contributed by atoms with E-state index in [1.807, 2.05) is 41.8 Å². The third-order valence-electron chi connectivity index (χ3n) is 5.82. The molecule has 34 heavy (non-hydrogen) atoms. The average molecular weight is 482 g/mol. The van der Waals surface area contributed by atoms with Gasteiger partial charge in [-0.05, 0) is 29.0 Å². The summed E-state index contributed by atoms with van der Waals surface area (Å²) in [6.07, 6.45) is 0. The molecule has 0 bridgehead atoms. The number of hydrogen-bond acceptors (Lipinski definition) is 7. The molecule has 0 aliphatic carbocycles. The summed E-state index contributed by atoms with van der Waals surface area (Å²) >= 11 is 1.59. The molecule has 0 spiro atoms. The number of rotatable bonds is 7. The summed E-state index contributed by atoms with van der Waals surface area (Å²) in [6, 6.07) is 13.2. The van der Waals surface area contributed by atoms with E-state index in [-0.39, 0.29) is 11.1 Å². The number of nitrogens with one attached hydrogen (secondary N) is 1. The molecule has 7 nitrogen and oxygen atoms in total. The van der Waals surface area contributed by atoms with Crippen molar-refractivity contribution in [3.8, 4) is 5.75 Å². The van der Waals surface area contributed by atoms with Crippen molar-refractivity contribution >= 4 is 39.4 Å². The number of morpholine rings is 1. The minimum absolute atomic E-state index is 0.00461. The quantitative estimate of drug-likeness (QED) is 0.290. The number of anilines is 1. The Bertz CT molecular complexity index is 1180. The van der Waals surface area contributed by atoms with Crippen LogP contribution in [0.3, 0.4) is 0 Å². The van der Waals surface area contributed by atoms with E-state index in [0.29, 0.717) is 17.9 Å². The molecule has 3 aromatic rings. The normalized spacial score (nSPS) is 15.4. The third kappa shape index (κ3) is 5.58. The Morgan fingerprint density at radius 1 is 1.18 bits per heavy atom. The first kappa shape index (κ1) is 24.2. The van der Waals surface area contributed by atoms with Gasteiger partial charge in [-0.3, -0.25) is 9.69 Å². The summed E-state index contributed by atoms with van der Waals surface area (Å²) < 4.78 is 11.5. The molecule has 1 aromatic heterocycles. The van der Waals surface area contributed by atoms with Gasteiger partial charge in [0, 0.05) is 40.8 Å². The van der Waals surface area contributed by atoms with E-state index in [1.54, 1.807) is 17.4 Å². The van der Waals surface area contributed by atoms with Gasteiger partial charge in [0.05, 0.1) is 18.9 Å². The monoisotopic (exact) mass is 481 g/mol. The van der Waals surface area contributed by atoms with Gasteiger partial charge < -0.3 is 20.0 Å². The SMILES string of the molecule is CC(C)(C)c1cc(NC(=O)C(=NO)c2ccc(OCCN3CCOCC3)c3ccccc23)cs1. The number of carbonyl (C=O) groups is 1. The Hall–Kier alpha value is -2.94. The number of oxime groups is 1. The van der Waals surface area contributed by atoms with E-state index in [2.05, 4.69) is 36.1 Å². The first-order valence-electron chi connectivity index (χ1n) is 11.4. The van der Waals surface area contributed by atoms with Gasteiger partial charge in [0.15, 0.2) is 5.71 Å². The first-order valence-corrected chi connectivity index (χ1v) is 12.3. The molecule has 4 rings (SSSR count). The molecule has 2 N–H and O–H groups in total. The van der Waals surface area contributed by atoms with Crippen molar-refractivity contribution in [2.45, 2.75) is 26.2 Å². The third-order valence-corrected chi connectivity index (χ3v) is 7.18. The number of amides is 1. The van der Waals surface area contributed by atoms with Crippen LogP contribution in [0.4, 0.5) is 5.69 Å². The number of benzene rings is 2.